The first kappa shape index (κ1) is 15.3. The summed E-state index contributed by atoms with van der Waals surface area (Å²) in [6, 6.07) is 1.11. The van der Waals surface area contributed by atoms with E-state index in [0.717, 1.165) is 25.2 Å². The van der Waals surface area contributed by atoms with Crippen molar-refractivity contribution < 1.29 is 4.79 Å². The van der Waals surface area contributed by atoms with E-state index >= 15 is 0 Å². The van der Waals surface area contributed by atoms with Gasteiger partial charge in [-0.3, -0.25) is 4.79 Å². The lowest BCUT2D eigenvalue weighted by atomic mass is 9.91. The molecule has 0 aromatic rings. The summed E-state index contributed by atoms with van der Waals surface area (Å²) >= 11 is 0. The average Bonchev–Trinajstić information content (AvgIpc) is 3.17. The Bertz CT molecular complexity index is 374. The third kappa shape index (κ3) is 3.42. The minimum absolute atomic E-state index is 0.127. The molecule has 1 aliphatic heterocycles. The lowest BCUT2D eigenvalue weighted by Crippen LogP contribution is -2.55. The number of amides is 1. The van der Waals surface area contributed by atoms with Gasteiger partial charge in [0, 0.05) is 12.1 Å². The van der Waals surface area contributed by atoms with Crippen molar-refractivity contribution in [2.24, 2.45) is 11.7 Å². The lowest BCUT2D eigenvalue weighted by molar-refractivity contribution is -0.124. The van der Waals surface area contributed by atoms with Crippen LogP contribution in [-0.2, 0) is 4.79 Å². The monoisotopic (exact) mass is 293 g/mol. The average molecular weight is 293 g/mol. The van der Waals surface area contributed by atoms with Crippen molar-refractivity contribution in [3.05, 3.63) is 0 Å². The van der Waals surface area contributed by atoms with Crippen molar-refractivity contribution in [1.82, 2.24) is 10.2 Å². The Morgan fingerprint density at radius 1 is 1.24 bits per heavy atom. The molecule has 3 fully saturated rings. The summed E-state index contributed by atoms with van der Waals surface area (Å²) in [4.78, 5) is 14.6. The number of piperidine rings is 1. The molecule has 2 unspecified atom stereocenters. The van der Waals surface area contributed by atoms with E-state index in [9.17, 15) is 4.79 Å². The molecule has 0 radical (unpaired) electrons. The zero-order valence-electron chi connectivity index (χ0n) is 13.4. The lowest BCUT2D eigenvalue weighted by Gasteiger charge is -2.37. The number of carbonyl (C=O) groups excluding carboxylic acids is 1. The molecular weight excluding hydrogens is 262 g/mol. The van der Waals surface area contributed by atoms with E-state index in [4.69, 9.17) is 5.73 Å². The maximum absolute atomic E-state index is 12.0. The fourth-order valence-electron chi connectivity index (χ4n) is 4.39. The normalized spacial score (nSPS) is 35.2. The van der Waals surface area contributed by atoms with Gasteiger partial charge in [0.2, 0.25) is 5.91 Å². The van der Waals surface area contributed by atoms with Gasteiger partial charge >= 0.3 is 0 Å². The van der Waals surface area contributed by atoms with Gasteiger partial charge in [-0.05, 0) is 64.0 Å². The highest BCUT2D eigenvalue weighted by Crippen LogP contribution is 2.37. The highest BCUT2D eigenvalue weighted by Gasteiger charge is 2.48. The maximum Gasteiger partial charge on any atom is 0.237 e. The van der Waals surface area contributed by atoms with E-state index in [2.05, 4.69) is 17.1 Å². The van der Waals surface area contributed by atoms with Crippen LogP contribution < -0.4 is 11.1 Å². The molecule has 0 spiro atoms. The molecule has 0 aromatic heterocycles. The highest BCUT2D eigenvalue weighted by molar-refractivity contribution is 5.85. The molecule has 1 heterocycles. The predicted octanol–water partition coefficient (Wildman–Crippen LogP) is 2.03. The minimum atomic E-state index is -0.411. The third-order valence-electron chi connectivity index (χ3n) is 5.88. The molecule has 21 heavy (non-hydrogen) atoms. The van der Waals surface area contributed by atoms with Crippen molar-refractivity contribution in [3.63, 3.8) is 0 Å². The topological polar surface area (TPSA) is 58.4 Å². The molecule has 120 valence electrons. The number of hydrogen-bond acceptors (Lipinski definition) is 3. The van der Waals surface area contributed by atoms with E-state index < -0.39 is 5.54 Å². The van der Waals surface area contributed by atoms with Gasteiger partial charge in [-0.2, -0.15) is 0 Å². The van der Waals surface area contributed by atoms with Gasteiger partial charge in [-0.1, -0.05) is 19.8 Å². The van der Waals surface area contributed by atoms with Crippen LogP contribution in [0.1, 0.15) is 64.7 Å². The van der Waals surface area contributed by atoms with E-state index in [1.165, 1.54) is 51.6 Å². The molecular formula is C17H31N3O. The van der Waals surface area contributed by atoms with Gasteiger partial charge in [0.15, 0.2) is 0 Å². The van der Waals surface area contributed by atoms with Crippen molar-refractivity contribution in [1.29, 1.82) is 0 Å². The second-order valence-corrected chi connectivity index (χ2v) is 7.53. The summed E-state index contributed by atoms with van der Waals surface area (Å²) < 4.78 is 0. The van der Waals surface area contributed by atoms with Crippen molar-refractivity contribution in [2.75, 3.05) is 13.1 Å². The van der Waals surface area contributed by atoms with E-state index in [1.807, 2.05) is 0 Å². The predicted molar refractivity (Wildman–Crippen MR) is 84.9 cm³/mol. The maximum atomic E-state index is 12.0. The number of primary amides is 1. The molecule has 0 bridgehead atoms. The van der Waals surface area contributed by atoms with Crippen LogP contribution in [-0.4, -0.2) is 41.5 Å². The number of rotatable bonds is 6. The molecule has 1 saturated heterocycles. The molecule has 3 rings (SSSR count). The van der Waals surface area contributed by atoms with E-state index in [-0.39, 0.29) is 5.91 Å². The van der Waals surface area contributed by atoms with Crippen LogP contribution in [0.4, 0.5) is 0 Å². The Labute approximate surface area is 128 Å². The molecule has 0 aromatic carbocycles. The largest absolute Gasteiger partial charge is 0.368 e. The standard InChI is InChI=1S/C17H31N3O/c1-2-3-13-7-10-20(11-8-13)15-6-9-17(12-15,16(18)21)19-14-4-5-14/h13-15,19H,2-12H2,1H3,(H2,18,21). The number of nitrogens with two attached hydrogens (primary N) is 1. The summed E-state index contributed by atoms with van der Waals surface area (Å²) in [6.45, 7) is 4.72. The van der Waals surface area contributed by atoms with Gasteiger partial charge in [0.05, 0.1) is 5.54 Å². The van der Waals surface area contributed by atoms with Crippen LogP contribution >= 0.6 is 0 Å². The van der Waals surface area contributed by atoms with Crippen LogP contribution in [0.25, 0.3) is 0 Å². The SMILES string of the molecule is CCCC1CCN(C2CCC(NC3CC3)(C(N)=O)C2)CC1. The fourth-order valence-corrected chi connectivity index (χ4v) is 4.39. The Morgan fingerprint density at radius 3 is 2.52 bits per heavy atom. The van der Waals surface area contributed by atoms with Gasteiger partial charge in [-0.25, -0.2) is 0 Å². The molecule has 3 aliphatic rings. The smallest absolute Gasteiger partial charge is 0.237 e. The van der Waals surface area contributed by atoms with Crippen LogP contribution in [0.3, 0.4) is 0 Å². The number of nitrogens with one attached hydrogen (secondary N) is 1. The van der Waals surface area contributed by atoms with Gasteiger partial charge in [-0.15, -0.1) is 0 Å². The van der Waals surface area contributed by atoms with Gasteiger partial charge in [0.25, 0.3) is 0 Å². The van der Waals surface area contributed by atoms with Crippen molar-refractivity contribution >= 4 is 5.91 Å². The van der Waals surface area contributed by atoms with Crippen molar-refractivity contribution in [3.8, 4) is 0 Å². The molecule has 1 amide bonds. The zero-order chi connectivity index (χ0) is 14.9. The second-order valence-electron chi connectivity index (χ2n) is 7.53. The van der Waals surface area contributed by atoms with E-state index in [0.29, 0.717) is 12.1 Å². The number of nitrogens with zero attached hydrogens (tertiary/aromatic N) is 1. The van der Waals surface area contributed by atoms with Crippen molar-refractivity contribution in [2.45, 2.75) is 82.3 Å². The van der Waals surface area contributed by atoms with E-state index in [1.54, 1.807) is 0 Å². The summed E-state index contributed by atoms with van der Waals surface area (Å²) in [5, 5.41) is 3.56. The molecule has 4 nitrogen and oxygen atoms in total. The number of hydrogen-bond donors (Lipinski definition) is 2. The van der Waals surface area contributed by atoms with Crippen LogP contribution in [0.2, 0.25) is 0 Å². The Morgan fingerprint density at radius 2 is 1.95 bits per heavy atom. The number of carbonyl (C=O) groups is 1. The highest BCUT2D eigenvalue weighted by atomic mass is 16.1. The first-order valence-corrected chi connectivity index (χ1v) is 8.94. The first-order chi connectivity index (χ1) is 10.1. The Hall–Kier alpha value is -0.610. The third-order valence-corrected chi connectivity index (χ3v) is 5.88. The van der Waals surface area contributed by atoms with Crippen LogP contribution in [0.15, 0.2) is 0 Å². The summed E-state index contributed by atoms with van der Waals surface area (Å²) in [7, 11) is 0. The first-order valence-electron chi connectivity index (χ1n) is 8.94. The number of likely N-dealkylation sites (tertiary alicyclic amines) is 1. The minimum Gasteiger partial charge on any atom is -0.368 e. The van der Waals surface area contributed by atoms with Crippen LogP contribution in [0.5, 0.6) is 0 Å². The molecule has 4 heteroatoms. The fraction of sp³-hybridized carbons (Fsp3) is 0.941. The summed E-state index contributed by atoms with van der Waals surface area (Å²) in [5.41, 5.74) is 5.33. The van der Waals surface area contributed by atoms with Gasteiger partial charge < -0.3 is 16.0 Å². The molecule has 2 atom stereocenters. The molecule has 3 N–H and O–H groups in total. The second kappa shape index (κ2) is 6.25. The van der Waals surface area contributed by atoms with Gasteiger partial charge in [0.1, 0.15) is 0 Å². The van der Waals surface area contributed by atoms with Crippen LogP contribution in [0, 0.1) is 5.92 Å². The molecule has 2 saturated carbocycles. The quantitative estimate of drug-likeness (QED) is 0.788. The Balaban J connectivity index is 1.55. The zero-order valence-corrected chi connectivity index (χ0v) is 13.4. The summed E-state index contributed by atoms with van der Waals surface area (Å²) in [6.07, 6.45) is 10.8. The Kier molecular flexibility index (Phi) is 4.55. The molecule has 2 aliphatic carbocycles. The summed E-state index contributed by atoms with van der Waals surface area (Å²) in [5.74, 6) is 0.802.